The highest BCUT2D eigenvalue weighted by Gasteiger charge is 2.22. The molecular formula is C13H22N4O. The standard InChI is InChI=1S/C13H22N4O/c1-8(2)13(3,4)7-16-12-9(14)5-6-10(17-12)11(15)18/h5-6,8H,7,14H2,1-4H3,(H2,15,18)(H,16,17). The molecule has 0 atom stereocenters. The van der Waals surface area contributed by atoms with Crippen LogP contribution in [0.1, 0.15) is 38.2 Å². The summed E-state index contributed by atoms with van der Waals surface area (Å²) in [4.78, 5) is 15.2. The van der Waals surface area contributed by atoms with E-state index in [2.05, 4.69) is 38.0 Å². The van der Waals surface area contributed by atoms with Crippen LogP contribution < -0.4 is 16.8 Å². The Bertz CT molecular complexity index is 441. The van der Waals surface area contributed by atoms with E-state index in [-0.39, 0.29) is 11.1 Å². The number of pyridine rings is 1. The summed E-state index contributed by atoms with van der Waals surface area (Å²) in [7, 11) is 0. The number of amides is 1. The molecule has 0 unspecified atom stereocenters. The quantitative estimate of drug-likeness (QED) is 0.743. The van der Waals surface area contributed by atoms with Crippen LogP contribution in [0.3, 0.4) is 0 Å². The lowest BCUT2D eigenvalue weighted by Gasteiger charge is -2.29. The average molecular weight is 250 g/mol. The third-order valence-electron chi connectivity index (χ3n) is 3.45. The van der Waals surface area contributed by atoms with Crippen LogP contribution in [0.15, 0.2) is 12.1 Å². The zero-order valence-electron chi connectivity index (χ0n) is 11.4. The lowest BCUT2D eigenvalue weighted by molar-refractivity contribution is 0.0996. The van der Waals surface area contributed by atoms with Crippen molar-refractivity contribution >= 4 is 17.4 Å². The van der Waals surface area contributed by atoms with Gasteiger partial charge in [-0.3, -0.25) is 4.79 Å². The highest BCUT2D eigenvalue weighted by atomic mass is 16.1. The van der Waals surface area contributed by atoms with Gasteiger partial charge in [-0.25, -0.2) is 4.98 Å². The van der Waals surface area contributed by atoms with Gasteiger partial charge in [0, 0.05) is 6.54 Å². The number of carbonyl (C=O) groups excluding carboxylic acids is 1. The number of carbonyl (C=O) groups is 1. The van der Waals surface area contributed by atoms with E-state index in [0.717, 1.165) is 6.54 Å². The first-order chi connectivity index (χ1) is 8.24. The van der Waals surface area contributed by atoms with Crippen LogP contribution in [0.25, 0.3) is 0 Å². The molecule has 0 saturated heterocycles. The van der Waals surface area contributed by atoms with Gasteiger partial charge >= 0.3 is 0 Å². The molecule has 1 heterocycles. The molecule has 1 amide bonds. The van der Waals surface area contributed by atoms with Crippen LogP contribution in [0, 0.1) is 11.3 Å². The van der Waals surface area contributed by atoms with Crippen molar-refractivity contribution in [3.8, 4) is 0 Å². The van der Waals surface area contributed by atoms with Crippen molar-refractivity contribution < 1.29 is 4.79 Å². The number of primary amides is 1. The highest BCUT2D eigenvalue weighted by Crippen LogP contribution is 2.27. The van der Waals surface area contributed by atoms with Gasteiger partial charge in [0.05, 0.1) is 5.69 Å². The fraction of sp³-hybridized carbons (Fsp3) is 0.538. The first kappa shape index (κ1) is 14.3. The second-order valence-corrected chi connectivity index (χ2v) is 5.50. The molecule has 0 aliphatic carbocycles. The van der Waals surface area contributed by atoms with Crippen molar-refractivity contribution in [1.82, 2.24) is 4.98 Å². The average Bonchev–Trinajstić information content (AvgIpc) is 2.27. The number of anilines is 2. The van der Waals surface area contributed by atoms with Gasteiger partial charge in [0.25, 0.3) is 5.91 Å². The predicted molar refractivity (Wildman–Crippen MR) is 74.3 cm³/mol. The van der Waals surface area contributed by atoms with Crippen molar-refractivity contribution in [3.63, 3.8) is 0 Å². The number of nitrogens with one attached hydrogen (secondary N) is 1. The number of nitrogen functional groups attached to an aromatic ring is 1. The SMILES string of the molecule is CC(C)C(C)(C)CNc1nc(C(N)=O)ccc1N. The largest absolute Gasteiger partial charge is 0.396 e. The van der Waals surface area contributed by atoms with Gasteiger partial charge in [0.15, 0.2) is 0 Å². The van der Waals surface area contributed by atoms with E-state index >= 15 is 0 Å². The Morgan fingerprint density at radius 3 is 2.56 bits per heavy atom. The van der Waals surface area contributed by atoms with Gasteiger partial charge in [-0.2, -0.15) is 0 Å². The fourth-order valence-corrected chi connectivity index (χ4v) is 1.26. The third-order valence-corrected chi connectivity index (χ3v) is 3.45. The first-order valence-corrected chi connectivity index (χ1v) is 6.04. The molecule has 0 aromatic carbocycles. The first-order valence-electron chi connectivity index (χ1n) is 6.04. The lowest BCUT2D eigenvalue weighted by atomic mass is 9.81. The third kappa shape index (κ3) is 3.35. The molecule has 0 aliphatic rings. The monoisotopic (exact) mass is 250 g/mol. The molecule has 5 nitrogen and oxygen atoms in total. The van der Waals surface area contributed by atoms with Crippen molar-refractivity contribution in [2.24, 2.45) is 17.1 Å². The Kier molecular flexibility index (Phi) is 4.16. The molecule has 100 valence electrons. The summed E-state index contributed by atoms with van der Waals surface area (Å²) in [6.07, 6.45) is 0. The number of hydrogen-bond donors (Lipinski definition) is 3. The molecule has 1 aromatic heterocycles. The molecule has 5 heteroatoms. The zero-order chi connectivity index (χ0) is 13.9. The number of aromatic nitrogens is 1. The van der Waals surface area contributed by atoms with Gasteiger partial charge in [0.1, 0.15) is 11.5 Å². The van der Waals surface area contributed by atoms with Crippen molar-refractivity contribution in [1.29, 1.82) is 0 Å². The molecule has 0 fully saturated rings. The minimum atomic E-state index is -0.554. The molecular weight excluding hydrogens is 228 g/mol. The van der Waals surface area contributed by atoms with Crippen LogP contribution in [-0.2, 0) is 0 Å². The van der Waals surface area contributed by atoms with Crippen molar-refractivity contribution in [2.75, 3.05) is 17.6 Å². The highest BCUT2D eigenvalue weighted by molar-refractivity contribution is 5.91. The summed E-state index contributed by atoms with van der Waals surface area (Å²) in [5.74, 6) is 0.478. The molecule has 0 bridgehead atoms. The van der Waals surface area contributed by atoms with E-state index < -0.39 is 5.91 Å². The minimum absolute atomic E-state index is 0.108. The van der Waals surface area contributed by atoms with E-state index in [9.17, 15) is 4.79 Å². The molecule has 18 heavy (non-hydrogen) atoms. The normalized spacial score (nSPS) is 11.6. The maximum Gasteiger partial charge on any atom is 0.267 e. The Morgan fingerprint density at radius 2 is 2.06 bits per heavy atom. The number of nitrogens with zero attached hydrogens (tertiary/aromatic N) is 1. The van der Waals surface area contributed by atoms with E-state index in [4.69, 9.17) is 11.5 Å². The topological polar surface area (TPSA) is 94.0 Å². The van der Waals surface area contributed by atoms with E-state index in [0.29, 0.717) is 17.4 Å². The second-order valence-electron chi connectivity index (χ2n) is 5.50. The Balaban J connectivity index is 2.85. The number of rotatable bonds is 5. The van der Waals surface area contributed by atoms with Crippen LogP contribution in [-0.4, -0.2) is 17.4 Å². The van der Waals surface area contributed by atoms with E-state index in [1.165, 1.54) is 6.07 Å². The Labute approximate surface area is 108 Å². The Morgan fingerprint density at radius 1 is 1.44 bits per heavy atom. The van der Waals surface area contributed by atoms with E-state index in [1.54, 1.807) is 6.07 Å². The minimum Gasteiger partial charge on any atom is -0.396 e. The van der Waals surface area contributed by atoms with Crippen LogP contribution in [0.2, 0.25) is 0 Å². The molecule has 1 aromatic rings. The summed E-state index contributed by atoms with van der Waals surface area (Å²) in [5.41, 5.74) is 11.8. The van der Waals surface area contributed by atoms with Gasteiger partial charge in [0.2, 0.25) is 0 Å². The molecule has 0 radical (unpaired) electrons. The number of nitrogens with two attached hydrogens (primary N) is 2. The number of hydrogen-bond acceptors (Lipinski definition) is 4. The van der Waals surface area contributed by atoms with Gasteiger partial charge < -0.3 is 16.8 Å². The summed E-state index contributed by atoms with van der Waals surface area (Å²) in [6, 6.07) is 3.16. The smallest absolute Gasteiger partial charge is 0.267 e. The van der Waals surface area contributed by atoms with Crippen LogP contribution >= 0.6 is 0 Å². The molecule has 0 aliphatic heterocycles. The predicted octanol–water partition coefficient (Wildman–Crippen LogP) is 1.86. The molecule has 0 saturated carbocycles. The lowest BCUT2D eigenvalue weighted by Crippen LogP contribution is -2.29. The van der Waals surface area contributed by atoms with E-state index in [1.807, 2.05) is 0 Å². The van der Waals surface area contributed by atoms with Gasteiger partial charge in [-0.15, -0.1) is 0 Å². The van der Waals surface area contributed by atoms with Crippen molar-refractivity contribution in [2.45, 2.75) is 27.7 Å². The molecule has 0 spiro atoms. The van der Waals surface area contributed by atoms with Crippen LogP contribution in [0.4, 0.5) is 11.5 Å². The molecule has 1 rings (SSSR count). The van der Waals surface area contributed by atoms with Gasteiger partial charge in [-0.05, 0) is 23.5 Å². The summed E-state index contributed by atoms with van der Waals surface area (Å²) in [5, 5.41) is 3.19. The maximum atomic E-state index is 11.1. The van der Waals surface area contributed by atoms with Gasteiger partial charge in [-0.1, -0.05) is 27.7 Å². The Hall–Kier alpha value is -1.78. The summed E-state index contributed by atoms with van der Waals surface area (Å²) < 4.78 is 0. The summed E-state index contributed by atoms with van der Waals surface area (Å²) in [6.45, 7) is 9.39. The maximum absolute atomic E-state index is 11.1. The second kappa shape index (κ2) is 5.25. The fourth-order valence-electron chi connectivity index (χ4n) is 1.26. The summed E-state index contributed by atoms with van der Waals surface area (Å²) >= 11 is 0. The molecule has 5 N–H and O–H groups in total. The van der Waals surface area contributed by atoms with Crippen molar-refractivity contribution in [3.05, 3.63) is 17.8 Å². The van der Waals surface area contributed by atoms with Crippen LogP contribution in [0.5, 0.6) is 0 Å². The zero-order valence-corrected chi connectivity index (χ0v) is 11.4.